The van der Waals surface area contributed by atoms with Crippen molar-refractivity contribution in [3.8, 4) is 0 Å². The average Bonchev–Trinajstić information content (AvgIpc) is 1.83. The summed E-state index contributed by atoms with van der Waals surface area (Å²) in [6, 6.07) is 1.12. The third-order valence-corrected chi connectivity index (χ3v) is 1.76. The van der Waals surface area contributed by atoms with Crippen LogP contribution in [0.5, 0.6) is 0 Å². The first-order valence-electron chi connectivity index (χ1n) is 2.17. The molecule has 1 nitrogen and oxygen atoms in total. The molecule has 1 heterocycles. The molecule has 0 saturated carbocycles. The summed E-state index contributed by atoms with van der Waals surface area (Å²) < 4.78 is 24.5. The second-order valence-corrected chi connectivity index (χ2v) is 2.48. The van der Waals surface area contributed by atoms with Crippen molar-refractivity contribution in [3.05, 3.63) is 27.6 Å². The Morgan fingerprint density at radius 2 is 2.11 bits per heavy atom. The quantitative estimate of drug-likeness (QED) is 0.499. The molecule has 0 fully saturated rings. The molecule has 0 radical (unpaired) electrons. The van der Waals surface area contributed by atoms with E-state index in [-0.39, 0.29) is 3.57 Å². The zero-order chi connectivity index (χ0) is 6.85. The lowest BCUT2D eigenvalue weighted by molar-refractivity contribution is 0.539. The van der Waals surface area contributed by atoms with E-state index in [4.69, 9.17) is 0 Å². The number of hydrogen-bond acceptors (Lipinski definition) is 1. The lowest BCUT2D eigenvalue weighted by Crippen LogP contribution is -1.89. The maximum absolute atomic E-state index is 12.3. The van der Waals surface area contributed by atoms with Crippen molar-refractivity contribution < 1.29 is 8.78 Å². The van der Waals surface area contributed by atoms with Gasteiger partial charge >= 0.3 is 0 Å². The maximum Gasteiger partial charge on any atom is 0.229 e. The van der Waals surface area contributed by atoms with Gasteiger partial charge in [0.1, 0.15) is 9.39 Å². The summed E-state index contributed by atoms with van der Waals surface area (Å²) in [5.74, 6) is -1.32. The van der Waals surface area contributed by atoms with Gasteiger partial charge in [-0.3, -0.25) is 0 Å². The fraction of sp³-hybridized carbons (Fsp3) is 0. The number of nitrogens with zero attached hydrogens (tertiary/aromatic N) is 1. The minimum Gasteiger partial charge on any atom is -0.227 e. The summed E-state index contributed by atoms with van der Waals surface area (Å²) in [4.78, 5) is 3.23. The first-order valence-corrected chi connectivity index (χ1v) is 3.25. The zero-order valence-corrected chi connectivity index (χ0v) is 6.39. The Balaban J connectivity index is 3.25. The van der Waals surface area contributed by atoms with Crippen LogP contribution in [0.25, 0.3) is 0 Å². The van der Waals surface area contributed by atoms with Crippen LogP contribution < -0.4 is 0 Å². The van der Waals surface area contributed by atoms with Crippen LogP contribution in [0.1, 0.15) is 0 Å². The number of rotatable bonds is 0. The van der Waals surface area contributed by atoms with Gasteiger partial charge in [-0.05, 0) is 28.7 Å². The standard InChI is InChI=1S/C5H2F2IN/c6-3-1-2-9-5(7)4(3)8/h1-2H. The third-order valence-electron chi connectivity index (χ3n) is 0.800. The molecule has 1 aromatic rings. The van der Waals surface area contributed by atoms with E-state index in [1.165, 1.54) is 0 Å². The molecule has 0 bridgehead atoms. The summed E-state index contributed by atoms with van der Waals surface area (Å²) >= 11 is 1.56. The van der Waals surface area contributed by atoms with Crippen LogP contribution in [0.2, 0.25) is 0 Å². The first kappa shape index (κ1) is 6.85. The highest BCUT2D eigenvalue weighted by molar-refractivity contribution is 14.1. The van der Waals surface area contributed by atoms with E-state index in [1.54, 1.807) is 22.6 Å². The lowest BCUT2D eigenvalue weighted by Gasteiger charge is -1.91. The number of hydrogen-bond donors (Lipinski definition) is 0. The zero-order valence-electron chi connectivity index (χ0n) is 4.24. The van der Waals surface area contributed by atoms with E-state index in [1.807, 2.05) is 0 Å². The smallest absolute Gasteiger partial charge is 0.227 e. The Labute approximate surface area is 64.2 Å². The van der Waals surface area contributed by atoms with Gasteiger partial charge in [0.05, 0.1) is 0 Å². The highest BCUT2D eigenvalue weighted by Crippen LogP contribution is 2.10. The van der Waals surface area contributed by atoms with E-state index in [0.29, 0.717) is 0 Å². The Morgan fingerprint density at radius 1 is 1.44 bits per heavy atom. The number of halogens is 3. The van der Waals surface area contributed by atoms with Crippen molar-refractivity contribution in [2.45, 2.75) is 0 Å². The van der Waals surface area contributed by atoms with Gasteiger partial charge in [-0.2, -0.15) is 4.39 Å². The van der Waals surface area contributed by atoms with Gasteiger partial charge in [-0.25, -0.2) is 9.37 Å². The van der Waals surface area contributed by atoms with Gasteiger partial charge in [0, 0.05) is 6.20 Å². The van der Waals surface area contributed by atoms with E-state index in [9.17, 15) is 8.78 Å². The minimum absolute atomic E-state index is 0.0601. The Kier molecular flexibility index (Phi) is 1.94. The summed E-state index contributed by atoms with van der Waals surface area (Å²) in [6.07, 6.45) is 1.09. The highest BCUT2D eigenvalue weighted by atomic mass is 127. The summed E-state index contributed by atoms with van der Waals surface area (Å²) in [7, 11) is 0. The molecule has 0 saturated heterocycles. The van der Waals surface area contributed by atoms with Gasteiger partial charge < -0.3 is 0 Å². The molecule has 1 aromatic heterocycles. The van der Waals surface area contributed by atoms with E-state index in [0.717, 1.165) is 12.3 Å². The van der Waals surface area contributed by atoms with Gasteiger partial charge in [0.2, 0.25) is 5.95 Å². The van der Waals surface area contributed by atoms with Crippen LogP contribution in [-0.4, -0.2) is 4.98 Å². The number of pyridine rings is 1. The monoisotopic (exact) mass is 241 g/mol. The molecule has 0 amide bonds. The summed E-state index contributed by atoms with van der Waals surface area (Å²) in [6.45, 7) is 0. The topological polar surface area (TPSA) is 12.9 Å². The second kappa shape index (κ2) is 2.55. The third kappa shape index (κ3) is 1.35. The molecular weight excluding hydrogens is 239 g/mol. The highest BCUT2D eigenvalue weighted by Gasteiger charge is 2.03. The molecule has 0 aliphatic heterocycles. The number of aromatic nitrogens is 1. The van der Waals surface area contributed by atoms with Crippen LogP contribution in [0.4, 0.5) is 8.78 Å². The lowest BCUT2D eigenvalue weighted by atomic mass is 10.5. The normalized spacial score (nSPS) is 9.67. The molecule has 0 unspecified atom stereocenters. The predicted molar refractivity (Wildman–Crippen MR) is 36.9 cm³/mol. The van der Waals surface area contributed by atoms with E-state index in [2.05, 4.69) is 4.98 Å². The molecule has 0 atom stereocenters. The van der Waals surface area contributed by atoms with Crippen LogP contribution in [-0.2, 0) is 0 Å². The molecule has 0 spiro atoms. The SMILES string of the molecule is Fc1ccnc(F)c1I. The Bertz CT molecular complexity index is 206. The van der Waals surface area contributed by atoms with Crippen molar-refractivity contribution in [1.29, 1.82) is 0 Å². The van der Waals surface area contributed by atoms with Crippen LogP contribution in [0.15, 0.2) is 12.3 Å². The molecule has 0 N–H and O–H groups in total. The van der Waals surface area contributed by atoms with Crippen molar-refractivity contribution in [2.75, 3.05) is 0 Å². The van der Waals surface area contributed by atoms with Gasteiger partial charge in [-0.1, -0.05) is 0 Å². The molecular formula is C5H2F2IN. The summed E-state index contributed by atoms with van der Waals surface area (Å²) in [5, 5.41) is 0. The molecule has 4 heteroatoms. The Morgan fingerprint density at radius 3 is 2.56 bits per heavy atom. The van der Waals surface area contributed by atoms with Gasteiger partial charge in [0.15, 0.2) is 0 Å². The van der Waals surface area contributed by atoms with Crippen molar-refractivity contribution in [1.82, 2.24) is 4.98 Å². The molecule has 48 valence electrons. The predicted octanol–water partition coefficient (Wildman–Crippen LogP) is 1.96. The molecule has 1 rings (SSSR count). The first-order chi connectivity index (χ1) is 4.22. The van der Waals surface area contributed by atoms with Crippen molar-refractivity contribution >= 4 is 22.6 Å². The maximum atomic E-state index is 12.3. The molecule has 9 heavy (non-hydrogen) atoms. The fourth-order valence-corrected chi connectivity index (χ4v) is 0.716. The molecule has 0 aliphatic rings. The van der Waals surface area contributed by atoms with E-state index >= 15 is 0 Å². The largest absolute Gasteiger partial charge is 0.229 e. The van der Waals surface area contributed by atoms with Crippen LogP contribution in [0.3, 0.4) is 0 Å². The van der Waals surface area contributed by atoms with Gasteiger partial charge in [0.25, 0.3) is 0 Å². The molecule has 0 aliphatic carbocycles. The average molecular weight is 241 g/mol. The fourth-order valence-electron chi connectivity index (χ4n) is 0.397. The Hall–Kier alpha value is -0.260. The van der Waals surface area contributed by atoms with Gasteiger partial charge in [-0.15, -0.1) is 0 Å². The minimum atomic E-state index is -0.754. The van der Waals surface area contributed by atoms with Crippen molar-refractivity contribution in [2.24, 2.45) is 0 Å². The van der Waals surface area contributed by atoms with Crippen LogP contribution >= 0.6 is 22.6 Å². The van der Waals surface area contributed by atoms with E-state index < -0.39 is 11.8 Å². The van der Waals surface area contributed by atoms with Crippen LogP contribution in [0, 0.1) is 15.3 Å². The second-order valence-electron chi connectivity index (χ2n) is 1.40. The molecule has 0 aromatic carbocycles. The summed E-state index contributed by atoms with van der Waals surface area (Å²) in [5.41, 5.74) is 0. The van der Waals surface area contributed by atoms with Crippen molar-refractivity contribution in [3.63, 3.8) is 0 Å².